The van der Waals surface area contributed by atoms with Crippen molar-refractivity contribution in [3.05, 3.63) is 15.7 Å². The topological polar surface area (TPSA) is 87.3 Å². The van der Waals surface area contributed by atoms with Crippen molar-refractivity contribution in [3.8, 4) is 0 Å². The van der Waals surface area contributed by atoms with Crippen LogP contribution in [0.15, 0.2) is 6.20 Å². The number of Topliss-reactive ketones (excluding diaryl/α,β-unsaturated/α-hetero) is 1. The molecular formula is C16H25IN4O3. The third-order valence-corrected chi connectivity index (χ3v) is 5.06. The Bertz CT molecular complexity index is 590. The van der Waals surface area contributed by atoms with Crippen LogP contribution in [0.25, 0.3) is 0 Å². The zero-order valence-corrected chi connectivity index (χ0v) is 16.7. The number of alkyl carbamates (subject to hydrolysis) is 1. The van der Waals surface area contributed by atoms with Gasteiger partial charge in [0.1, 0.15) is 5.82 Å². The number of amides is 1. The van der Waals surface area contributed by atoms with Crippen LogP contribution in [0.3, 0.4) is 0 Å². The molecule has 0 aliphatic carbocycles. The summed E-state index contributed by atoms with van der Waals surface area (Å²) in [5.74, 6) is 0.895. The number of rotatable bonds is 6. The third-order valence-electron chi connectivity index (χ3n) is 4.52. The molecular weight excluding hydrogens is 423 g/mol. The number of hydrogen-bond donors (Lipinski definition) is 2. The third kappa shape index (κ3) is 4.47. The molecule has 0 spiro atoms. The quantitative estimate of drug-likeness (QED) is 0.654. The van der Waals surface area contributed by atoms with Gasteiger partial charge in [-0.05, 0) is 48.3 Å². The molecule has 7 nitrogen and oxygen atoms in total. The Morgan fingerprint density at radius 1 is 1.50 bits per heavy atom. The summed E-state index contributed by atoms with van der Waals surface area (Å²) in [6, 6.07) is -0.145. The Balaban J connectivity index is 2.10. The number of H-pyrrole nitrogens is 1. The first-order valence-electron chi connectivity index (χ1n) is 8.16. The number of carbonyl (C=O) groups excluding carboxylic acids is 2. The number of aromatic nitrogens is 2. The zero-order valence-electron chi connectivity index (χ0n) is 14.5. The lowest BCUT2D eigenvalue weighted by Gasteiger charge is -2.29. The lowest BCUT2D eigenvalue weighted by atomic mass is 9.99. The number of ether oxygens (including phenoxy) is 1. The fourth-order valence-electron chi connectivity index (χ4n) is 3.16. The highest BCUT2D eigenvalue weighted by atomic mass is 127. The van der Waals surface area contributed by atoms with E-state index < -0.39 is 12.1 Å². The second-order valence-electron chi connectivity index (χ2n) is 6.55. The first-order valence-corrected chi connectivity index (χ1v) is 9.24. The van der Waals surface area contributed by atoms with Crippen LogP contribution in [0, 0.1) is 9.62 Å². The van der Waals surface area contributed by atoms with Crippen LogP contribution in [-0.2, 0) is 9.53 Å². The second kappa shape index (κ2) is 8.28. The Kier molecular flexibility index (Phi) is 6.62. The highest BCUT2D eigenvalue weighted by molar-refractivity contribution is 14.1. The van der Waals surface area contributed by atoms with Crippen LogP contribution < -0.4 is 5.32 Å². The normalized spacial score (nSPS) is 22.6. The number of aromatic amines is 1. The predicted molar refractivity (Wildman–Crippen MR) is 98.6 cm³/mol. The lowest BCUT2D eigenvalue weighted by molar-refractivity contribution is -0.123. The van der Waals surface area contributed by atoms with Crippen molar-refractivity contribution in [1.82, 2.24) is 20.2 Å². The number of likely N-dealkylation sites (tertiary alicyclic amines) is 1. The summed E-state index contributed by atoms with van der Waals surface area (Å²) in [7, 11) is 1.30. The minimum atomic E-state index is -0.575. The maximum Gasteiger partial charge on any atom is 0.407 e. The maximum atomic E-state index is 12.8. The van der Waals surface area contributed by atoms with Crippen molar-refractivity contribution < 1.29 is 14.3 Å². The van der Waals surface area contributed by atoms with Gasteiger partial charge in [-0.1, -0.05) is 13.8 Å². The Morgan fingerprint density at radius 2 is 2.21 bits per heavy atom. The van der Waals surface area contributed by atoms with Crippen LogP contribution in [-0.4, -0.2) is 52.5 Å². The van der Waals surface area contributed by atoms with Crippen LogP contribution in [0.2, 0.25) is 0 Å². The fraction of sp³-hybridized carbons (Fsp3) is 0.688. The van der Waals surface area contributed by atoms with Gasteiger partial charge in [0, 0.05) is 6.04 Å². The summed E-state index contributed by atoms with van der Waals surface area (Å²) >= 11 is 2.20. The molecule has 0 radical (unpaired) electrons. The monoisotopic (exact) mass is 448 g/mol. The number of nitrogens with zero attached hydrogens (tertiary/aromatic N) is 2. The summed E-state index contributed by atoms with van der Waals surface area (Å²) in [6.07, 6.45) is 3.21. The first kappa shape index (κ1) is 19.2. The molecule has 3 atom stereocenters. The summed E-state index contributed by atoms with van der Waals surface area (Å²) in [5.41, 5.74) is 0. The van der Waals surface area contributed by atoms with Crippen molar-refractivity contribution >= 4 is 34.5 Å². The summed E-state index contributed by atoms with van der Waals surface area (Å²) < 4.78 is 5.62. The molecule has 0 bridgehead atoms. The molecule has 0 aromatic carbocycles. The summed E-state index contributed by atoms with van der Waals surface area (Å²) in [6.45, 7) is 6.24. The van der Waals surface area contributed by atoms with Gasteiger partial charge in [-0.3, -0.25) is 9.69 Å². The van der Waals surface area contributed by atoms with Crippen molar-refractivity contribution in [2.75, 3.05) is 13.7 Å². The molecule has 2 rings (SSSR count). The smallest absolute Gasteiger partial charge is 0.407 e. The zero-order chi connectivity index (χ0) is 17.9. The standard InChI is InChI=1S/C16H25IN4O3/c1-9(2)14(20-16(23)24-4)12(22)8-21-10(3)5-6-11(21)15-18-7-13(17)19-15/h7,9-11,14H,5-6,8H2,1-4H3,(H,18,19)(H,20,23)/t10-,11-,14-/m0/s1. The van der Waals surface area contributed by atoms with Crippen molar-refractivity contribution in [2.24, 2.45) is 5.92 Å². The highest BCUT2D eigenvalue weighted by Gasteiger charge is 2.36. The molecule has 1 aliphatic heterocycles. The first-order chi connectivity index (χ1) is 11.3. The minimum Gasteiger partial charge on any atom is -0.453 e. The number of nitrogens with one attached hydrogen (secondary N) is 2. The lowest BCUT2D eigenvalue weighted by Crippen LogP contribution is -2.49. The Hall–Kier alpha value is -1.16. The van der Waals surface area contributed by atoms with Gasteiger partial charge in [-0.2, -0.15) is 0 Å². The van der Waals surface area contributed by atoms with Gasteiger partial charge in [-0.25, -0.2) is 9.78 Å². The van der Waals surface area contributed by atoms with E-state index in [1.54, 1.807) is 6.20 Å². The minimum absolute atomic E-state index is 0.00230. The molecule has 0 unspecified atom stereocenters. The van der Waals surface area contributed by atoms with Gasteiger partial charge in [0.15, 0.2) is 5.78 Å². The van der Waals surface area contributed by atoms with E-state index in [4.69, 9.17) is 0 Å². The van der Waals surface area contributed by atoms with E-state index >= 15 is 0 Å². The Labute approximate surface area is 156 Å². The van der Waals surface area contributed by atoms with E-state index in [0.717, 1.165) is 22.4 Å². The molecule has 2 heterocycles. The second-order valence-corrected chi connectivity index (χ2v) is 7.72. The van der Waals surface area contributed by atoms with Crippen molar-refractivity contribution in [1.29, 1.82) is 0 Å². The number of methoxy groups -OCH3 is 1. The molecule has 8 heteroatoms. The molecule has 1 aromatic rings. The van der Waals surface area contributed by atoms with Crippen molar-refractivity contribution in [3.63, 3.8) is 0 Å². The molecule has 1 amide bonds. The largest absolute Gasteiger partial charge is 0.453 e. The molecule has 1 aromatic heterocycles. The van der Waals surface area contributed by atoms with Gasteiger partial charge < -0.3 is 15.0 Å². The number of halogens is 1. The SMILES string of the molecule is COC(=O)N[C@H](C(=O)CN1[C@@H](C)CC[C@H]1c1ncc(I)[nH]1)C(C)C. The predicted octanol–water partition coefficient (Wildman–Crippen LogP) is 2.49. The fourth-order valence-corrected chi connectivity index (χ4v) is 3.58. The average molecular weight is 448 g/mol. The number of ketones is 1. The number of imidazole rings is 1. The highest BCUT2D eigenvalue weighted by Crippen LogP contribution is 2.34. The van der Waals surface area contributed by atoms with E-state index in [9.17, 15) is 9.59 Å². The van der Waals surface area contributed by atoms with Gasteiger partial charge >= 0.3 is 6.09 Å². The van der Waals surface area contributed by atoms with Gasteiger partial charge in [0.2, 0.25) is 0 Å². The molecule has 24 heavy (non-hydrogen) atoms. The molecule has 1 fully saturated rings. The Morgan fingerprint density at radius 3 is 2.75 bits per heavy atom. The van der Waals surface area contributed by atoms with E-state index in [1.165, 1.54) is 7.11 Å². The average Bonchev–Trinajstić information content (AvgIpc) is 3.10. The van der Waals surface area contributed by atoms with Gasteiger partial charge in [0.25, 0.3) is 0 Å². The van der Waals surface area contributed by atoms with Crippen LogP contribution in [0.5, 0.6) is 0 Å². The molecule has 1 aliphatic rings. The number of hydrogen-bond acceptors (Lipinski definition) is 5. The molecule has 2 N–H and O–H groups in total. The van der Waals surface area contributed by atoms with Crippen LogP contribution >= 0.6 is 22.6 Å². The molecule has 134 valence electrons. The molecule has 0 saturated carbocycles. The summed E-state index contributed by atoms with van der Waals surface area (Å²) in [5, 5.41) is 2.65. The van der Waals surface area contributed by atoms with Gasteiger partial charge in [-0.15, -0.1) is 0 Å². The van der Waals surface area contributed by atoms with E-state index in [2.05, 4.69) is 54.4 Å². The maximum absolute atomic E-state index is 12.8. The molecule has 1 saturated heterocycles. The van der Waals surface area contributed by atoms with E-state index in [1.807, 2.05) is 13.8 Å². The number of carbonyl (C=O) groups is 2. The van der Waals surface area contributed by atoms with Crippen LogP contribution in [0.1, 0.15) is 45.5 Å². The van der Waals surface area contributed by atoms with Crippen molar-refractivity contribution in [2.45, 2.75) is 51.7 Å². The van der Waals surface area contributed by atoms with Crippen LogP contribution in [0.4, 0.5) is 4.79 Å². The van der Waals surface area contributed by atoms with Gasteiger partial charge in [0.05, 0.1) is 35.6 Å². The van der Waals surface area contributed by atoms with E-state index in [0.29, 0.717) is 6.04 Å². The summed E-state index contributed by atoms with van der Waals surface area (Å²) in [4.78, 5) is 34.1. The van der Waals surface area contributed by atoms with E-state index in [-0.39, 0.29) is 24.3 Å².